The number of esters is 1. The monoisotopic (exact) mass is 231 g/mol. The Morgan fingerprint density at radius 2 is 2.12 bits per heavy atom. The molecule has 0 saturated carbocycles. The summed E-state index contributed by atoms with van der Waals surface area (Å²) in [5.41, 5.74) is 10.3. The second-order valence-corrected chi connectivity index (χ2v) is 2.94. The Hall–Kier alpha value is -1.44. The van der Waals surface area contributed by atoms with E-state index < -0.39 is 24.1 Å². The highest BCUT2D eigenvalue weighted by atomic mass is 16.5. The number of carbonyl (C=O) groups excluding carboxylic acids is 2. The first kappa shape index (κ1) is 14.6. The van der Waals surface area contributed by atoms with E-state index in [-0.39, 0.29) is 13.2 Å². The highest BCUT2D eigenvalue weighted by Gasteiger charge is 2.23. The number of rotatable bonds is 7. The highest BCUT2D eigenvalue weighted by Crippen LogP contribution is 1.91. The number of amides is 1. The molecule has 7 heteroatoms. The lowest BCUT2D eigenvalue weighted by molar-refractivity contribution is -0.146. The lowest BCUT2D eigenvalue weighted by atomic mass is 10.3. The van der Waals surface area contributed by atoms with Crippen molar-refractivity contribution in [1.29, 1.82) is 0 Å². The van der Waals surface area contributed by atoms with E-state index >= 15 is 0 Å². The summed E-state index contributed by atoms with van der Waals surface area (Å²) in [7, 11) is 1.21. The van der Waals surface area contributed by atoms with Crippen molar-refractivity contribution < 1.29 is 19.1 Å². The van der Waals surface area contributed by atoms with Crippen molar-refractivity contribution >= 4 is 11.9 Å². The Morgan fingerprint density at radius 3 is 2.56 bits per heavy atom. The van der Waals surface area contributed by atoms with Crippen molar-refractivity contribution in [1.82, 2.24) is 5.32 Å². The van der Waals surface area contributed by atoms with Crippen LogP contribution in [-0.4, -0.2) is 44.4 Å². The molecule has 16 heavy (non-hydrogen) atoms. The van der Waals surface area contributed by atoms with Gasteiger partial charge >= 0.3 is 5.97 Å². The molecular weight excluding hydrogens is 214 g/mol. The summed E-state index contributed by atoms with van der Waals surface area (Å²) in [5.74, 6) is -1.28. The van der Waals surface area contributed by atoms with Crippen molar-refractivity contribution in [3.05, 3.63) is 12.7 Å². The number of nitrogens with one attached hydrogen (secondary N) is 1. The maximum Gasteiger partial charge on any atom is 0.330 e. The van der Waals surface area contributed by atoms with Gasteiger partial charge in [-0.2, -0.15) is 0 Å². The molecule has 0 spiro atoms. The molecule has 0 aliphatic rings. The maximum atomic E-state index is 11.2. The number of hydrogen-bond donors (Lipinski definition) is 3. The average molecular weight is 231 g/mol. The summed E-state index contributed by atoms with van der Waals surface area (Å²) < 4.78 is 9.52. The predicted molar refractivity (Wildman–Crippen MR) is 57.1 cm³/mol. The van der Waals surface area contributed by atoms with Crippen LogP contribution in [0.1, 0.15) is 0 Å². The molecule has 0 saturated heterocycles. The Labute approximate surface area is 93.7 Å². The predicted octanol–water partition coefficient (Wildman–Crippen LogP) is -1.91. The van der Waals surface area contributed by atoms with Crippen LogP contribution >= 0.6 is 0 Å². The number of hydrogen-bond acceptors (Lipinski definition) is 6. The zero-order chi connectivity index (χ0) is 12.6. The molecule has 0 aromatic heterocycles. The topological polar surface area (TPSA) is 117 Å². The third-order valence-electron chi connectivity index (χ3n) is 1.63. The molecule has 0 aliphatic carbocycles. The molecule has 7 nitrogen and oxygen atoms in total. The van der Waals surface area contributed by atoms with Gasteiger partial charge in [0.15, 0.2) is 6.04 Å². The van der Waals surface area contributed by atoms with Crippen LogP contribution in [0.15, 0.2) is 12.7 Å². The minimum Gasteiger partial charge on any atom is -0.467 e. The summed E-state index contributed by atoms with van der Waals surface area (Å²) in [6.07, 6.45) is 0.330. The fraction of sp³-hybridized carbons (Fsp3) is 0.556. The van der Waals surface area contributed by atoms with Crippen molar-refractivity contribution in [2.75, 3.05) is 20.3 Å². The van der Waals surface area contributed by atoms with Gasteiger partial charge in [-0.1, -0.05) is 6.08 Å². The molecule has 0 fully saturated rings. The van der Waals surface area contributed by atoms with E-state index in [2.05, 4.69) is 16.6 Å². The molecule has 1 amide bonds. The minimum atomic E-state index is -1.19. The molecule has 0 heterocycles. The van der Waals surface area contributed by atoms with Gasteiger partial charge in [0.25, 0.3) is 5.91 Å². The normalized spacial score (nSPS) is 12.0. The Balaban J connectivity index is 4.25. The molecule has 0 radical (unpaired) electrons. The van der Waals surface area contributed by atoms with E-state index in [0.29, 0.717) is 0 Å². The lowest BCUT2D eigenvalue weighted by Gasteiger charge is -2.17. The summed E-state index contributed by atoms with van der Waals surface area (Å²) in [6, 6.07) is -0.924. The molecule has 0 aliphatic heterocycles. The molecule has 5 N–H and O–H groups in total. The first-order valence-corrected chi connectivity index (χ1v) is 4.61. The minimum absolute atomic E-state index is 0.0306. The van der Waals surface area contributed by atoms with Gasteiger partial charge in [-0.05, 0) is 0 Å². The quantitative estimate of drug-likeness (QED) is 0.204. The van der Waals surface area contributed by atoms with Crippen LogP contribution < -0.4 is 16.8 Å². The number of nitrogens with two attached hydrogens (primary N) is 2. The third kappa shape index (κ3) is 5.44. The van der Waals surface area contributed by atoms with Crippen molar-refractivity contribution in [3.63, 3.8) is 0 Å². The van der Waals surface area contributed by atoms with E-state index in [1.807, 2.05) is 0 Å². The molecule has 0 bridgehead atoms. The van der Waals surface area contributed by atoms with Gasteiger partial charge in [-0.25, -0.2) is 4.79 Å². The van der Waals surface area contributed by atoms with Crippen LogP contribution in [0, 0.1) is 0 Å². The first-order valence-electron chi connectivity index (χ1n) is 4.61. The van der Waals surface area contributed by atoms with Crippen LogP contribution in [-0.2, 0) is 19.1 Å². The zero-order valence-electron chi connectivity index (χ0n) is 9.14. The second-order valence-electron chi connectivity index (χ2n) is 2.94. The Bertz CT molecular complexity index is 255. The average Bonchev–Trinajstić information content (AvgIpc) is 2.26. The van der Waals surface area contributed by atoms with Gasteiger partial charge in [0, 0.05) is 0 Å². The molecule has 0 rings (SSSR count). The van der Waals surface area contributed by atoms with Crippen molar-refractivity contribution in [3.8, 4) is 0 Å². The largest absolute Gasteiger partial charge is 0.467 e. The van der Waals surface area contributed by atoms with Gasteiger partial charge < -0.3 is 26.3 Å². The van der Waals surface area contributed by atoms with Gasteiger partial charge in [-0.15, -0.1) is 6.58 Å². The second kappa shape index (κ2) is 7.80. The van der Waals surface area contributed by atoms with E-state index in [0.717, 1.165) is 0 Å². The van der Waals surface area contributed by atoms with E-state index in [4.69, 9.17) is 16.2 Å². The van der Waals surface area contributed by atoms with E-state index in [9.17, 15) is 9.59 Å². The summed E-state index contributed by atoms with van der Waals surface area (Å²) in [4.78, 5) is 22.4. The van der Waals surface area contributed by atoms with Gasteiger partial charge in [-0.3, -0.25) is 4.79 Å². The van der Waals surface area contributed by atoms with E-state index in [1.54, 1.807) is 0 Å². The molecule has 0 aromatic carbocycles. The maximum absolute atomic E-state index is 11.2. The van der Waals surface area contributed by atoms with Crippen LogP contribution in [0.5, 0.6) is 0 Å². The Kier molecular flexibility index (Phi) is 7.10. The van der Waals surface area contributed by atoms with Crippen molar-refractivity contribution in [2.24, 2.45) is 11.5 Å². The SMILES string of the molecule is C=CCOC[C@H](NC(=O)C(N)N)C(=O)OC. The van der Waals surface area contributed by atoms with E-state index in [1.165, 1.54) is 13.2 Å². The van der Waals surface area contributed by atoms with Crippen LogP contribution in [0.25, 0.3) is 0 Å². The summed E-state index contributed by atoms with van der Waals surface area (Å²) >= 11 is 0. The first-order chi connectivity index (χ1) is 7.52. The molecular formula is C9H17N3O4. The van der Waals surface area contributed by atoms with Crippen LogP contribution in [0.3, 0.4) is 0 Å². The smallest absolute Gasteiger partial charge is 0.330 e. The van der Waals surface area contributed by atoms with Gasteiger partial charge in [0.05, 0.1) is 20.3 Å². The third-order valence-corrected chi connectivity index (χ3v) is 1.63. The standard InChI is InChI=1S/C9H17N3O4/c1-3-4-16-5-6(9(14)15-2)12-8(13)7(10)11/h3,6-7H,1,4-5,10-11H2,2H3,(H,12,13)/t6-/m0/s1. The molecule has 92 valence electrons. The molecule has 1 atom stereocenters. The van der Waals surface area contributed by atoms with Crippen LogP contribution in [0.4, 0.5) is 0 Å². The fourth-order valence-corrected chi connectivity index (χ4v) is 0.848. The summed E-state index contributed by atoms with van der Waals surface area (Å²) in [5, 5.41) is 2.30. The highest BCUT2D eigenvalue weighted by molar-refractivity contribution is 5.87. The molecule has 0 unspecified atom stereocenters. The fourth-order valence-electron chi connectivity index (χ4n) is 0.848. The number of carbonyl (C=O) groups is 2. The zero-order valence-corrected chi connectivity index (χ0v) is 9.14. The summed E-state index contributed by atoms with van der Waals surface area (Å²) in [6.45, 7) is 3.67. The molecule has 0 aromatic rings. The Morgan fingerprint density at radius 1 is 1.50 bits per heavy atom. The number of methoxy groups -OCH3 is 1. The van der Waals surface area contributed by atoms with Gasteiger partial charge in [0.2, 0.25) is 0 Å². The number of ether oxygens (including phenoxy) is 2. The van der Waals surface area contributed by atoms with Crippen LogP contribution in [0.2, 0.25) is 0 Å². The van der Waals surface area contributed by atoms with Gasteiger partial charge in [0.1, 0.15) is 6.17 Å². The lowest BCUT2D eigenvalue weighted by Crippen LogP contribution is -2.53. The van der Waals surface area contributed by atoms with Crippen molar-refractivity contribution in [2.45, 2.75) is 12.2 Å².